The fourth-order valence-electron chi connectivity index (χ4n) is 3.45. The van der Waals surface area contributed by atoms with Crippen LogP contribution in [0.1, 0.15) is 25.7 Å². The fraction of sp³-hybridized carbons (Fsp3) is 0.733. The molecular formula is C15H23N3O2. The van der Waals surface area contributed by atoms with E-state index in [1.807, 2.05) is 0 Å². The molecule has 110 valence electrons. The third-order valence-electron chi connectivity index (χ3n) is 4.63. The third kappa shape index (κ3) is 2.59. The molecule has 1 atom stereocenters. The van der Waals surface area contributed by atoms with Crippen molar-refractivity contribution in [3.63, 3.8) is 0 Å². The molecule has 0 radical (unpaired) electrons. The zero-order valence-electron chi connectivity index (χ0n) is 12.2. The minimum Gasteiger partial charge on any atom is -0.335 e. The predicted molar refractivity (Wildman–Crippen MR) is 76.1 cm³/mol. The molecule has 2 heterocycles. The molecule has 0 saturated carbocycles. The van der Waals surface area contributed by atoms with E-state index in [9.17, 15) is 9.59 Å². The number of carbonyl (C=O) groups is 2. The third-order valence-corrected chi connectivity index (χ3v) is 4.63. The van der Waals surface area contributed by atoms with Gasteiger partial charge in [-0.05, 0) is 25.7 Å². The van der Waals surface area contributed by atoms with Crippen molar-refractivity contribution < 1.29 is 9.59 Å². The summed E-state index contributed by atoms with van der Waals surface area (Å²) in [6.45, 7) is 3.47. The Balaban J connectivity index is 1.65. The van der Waals surface area contributed by atoms with E-state index in [1.165, 1.54) is 31.3 Å². The Kier molecular flexibility index (Phi) is 3.78. The summed E-state index contributed by atoms with van der Waals surface area (Å²) >= 11 is 0. The van der Waals surface area contributed by atoms with Crippen molar-refractivity contribution in [1.82, 2.24) is 14.7 Å². The molecule has 1 aliphatic carbocycles. The van der Waals surface area contributed by atoms with Crippen molar-refractivity contribution in [3.05, 3.63) is 11.6 Å². The molecule has 0 spiro atoms. The molecule has 5 nitrogen and oxygen atoms in total. The van der Waals surface area contributed by atoms with Crippen molar-refractivity contribution in [1.29, 1.82) is 0 Å². The van der Waals surface area contributed by atoms with Gasteiger partial charge in [0.05, 0.1) is 6.54 Å². The molecule has 3 aliphatic rings. The van der Waals surface area contributed by atoms with Crippen LogP contribution in [0.2, 0.25) is 0 Å². The standard InChI is InChI=1S/C15H23N3O2/c1-16-11-14(19)18-8-7-17(10-13(18)15(16)20)9-12-5-3-2-4-6-12/h5,13H,2-4,6-11H2,1H3. The minimum atomic E-state index is -0.265. The van der Waals surface area contributed by atoms with Gasteiger partial charge in [0.1, 0.15) is 6.04 Å². The number of allylic oxidation sites excluding steroid dienone is 1. The molecule has 5 heteroatoms. The maximum Gasteiger partial charge on any atom is 0.246 e. The lowest BCUT2D eigenvalue weighted by Gasteiger charge is -2.45. The summed E-state index contributed by atoms with van der Waals surface area (Å²) in [6, 6.07) is -0.265. The molecule has 1 unspecified atom stereocenters. The van der Waals surface area contributed by atoms with Crippen LogP contribution in [0.15, 0.2) is 11.6 Å². The van der Waals surface area contributed by atoms with Crippen molar-refractivity contribution >= 4 is 11.8 Å². The molecule has 20 heavy (non-hydrogen) atoms. The quantitative estimate of drug-likeness (QED) is 0.689. The van der Waals surface area contributed by atoms with Crippen LogP contribution in [-0.2, 0) is 9.59 Å². The highest BCUT2D eigenvalue weighted by Crippen LogP contribution is 2.21. The topological polar surface area (TPSA) is 43.9 Å². The van der Waals surface area contributed by atoms with Crippen molar-refractivity contribution in [2.24, 2.45) is 0 Å². The van der Waals surface area contributed by atoms with Crippen molar-refractivity contribution in [3.8, 4) is 0 Å². The summed E-state index contributed by atoms with van der Waals surface area (Å²) < 4.78 is 0. The van der Waals surface area contributed by atoms with E-state index in [1.54, 1.807) is 16.8 Å². The van der Waals surface area contributed by atoms with E-state index >= 15 is 0 Å². The van der Waals surface area contributed by atoms with Gasteiger partial charge in [-0.2, -0.15) is 0 Å². The molecular weight excluding hydrogens is 254 g/mol. The Morgan fingerprint density at radius 1 is 1.25 bits per heavy atom. The van der Waals surface area contributed by atoms with E-state index in [0.29, 0.717) is 13.1 Å². The lowest BCUT2D eigenvalue weighted by molar-refractivity contribution is -0.158. The van der Waals surface area contributed by atoms with Gasteiger partial charge in [-0.3, -0.25) is 14.5 Å². The highest BCUT2D eigenvalue weighted by atomic mass is 16.2. The molecule has 0 aromatic rings. The first-order valence-corrected chi connectivity index (χ1v) is 7.60. The van der Waals surface area contributed by atoms with Crippen LogP contribution in [0, 0.1) is 0 Å². The second kappa shape index (κ2) is 5.56. The molecule has 2 fully saturated rings. The van der Waals surface area contributed by atoms with Gasteiger partial charge in [-0.25, -0.2) is 0 Å². The predicted octanol–water partition coefficient (Wildman–Crippen LogP) is 0.472. The summed E-state index contributed by atoms with van der Waals surface area (Å²) in [5.41, 5.74) is 1.51. The zero-order chi connectivity index (χ0) is 14.1. The number of hydrogen-bond acceptors (Lipinski definition) is 3. The summed E-state index contributed by atoms with van der Waals surface area (Å²) in [7, 11) is 1.72. The van der Waals surface area contributed by atoms with Crippen LogP contribution in [0.25, 0.3) is 0 Å². The number of amides is 2. The average molecular weight is 277 g/mol. The largest absolute Gasteiger partial charge is 0.335 e. The molecule has 2 saturated heterocycles. The maximum absolute atomic E-state index is 12.2. The fourth-order valence-corrected chi connectivity index (χ4v) is 3.45. The monoisotopic (exact) mass is 277 g/mol. The van der Waals surface area contributed by atoms with Crippen LogP contribution in [0.3, 0.4) is 0 Å². The van der Waals surface area contributed by atoms with Gasteiger partial charge in [-0.15, -0.1) is 0 Å². The lowest BCUT2D eigenvalue weighted by Crippen LogP contribution is -2.66. The van der Waals surface area contributed by atoms with E-state index < -0.39 is 0 Å². The Morgan fingerprint density at radius 2 is 2.10 bits per heavy atom. The number of fused-ring (bicyclic) bond motifs is 1. The molecule has 0 bridgehead atoms. The van der Waals surface area contributed by atoms with Gasteiger partial charge < -0.3 is 9.80 Å². The second-order valence-electron chi connectivity index (χ2n) is 6.14. The van der Waals surface area contributed by atoms with Crippen LogP contribution in [0.4, 0.5) is 0 Å². The number of likely N-dealkylation sites (N-methyl/N-ethyl adjacent to an activating group) is 1. The van der Waals surface area contributed by atoms with Gasteiger partial charge >= 0.3 is 0 Å². The maximum atomic E-state index is 12.2. The van der Waals surface area contributed by atoms with Crippen molar-refractivity contribution in [2.75, 3.05) is 39.8 Å². The first kappa shape index (κ1) is 13.6. The molecule has 2 amide bonds. The Morgan fingerprint density at radius 3 is 2.85 bits per heavy atom. The number of hydrogen-bond donors (Lipinski definition) is 0. The van der Waals surface area contributed by atoms with E-state index in [2.05, 4.69) is 11.0 Å². The van der Waals surface area contributed by atoms with Gasteiger partial charge in [-0.1, -0.05) is 11.6 Å². The van der Waals surface area contributed by atoms with E-state index in [4.69, 9.17) is 0 Å². The van der Waals surface area contributed by atoms with Crippen LogP contribution < -0.4 is 0 Å². The highest BCUT2D eigenvalue weighted by molar-refractivity contribution is 5.95. The molecule has 0 aromatic heterocycles. The number of carbonyl (C=O) groups excluding carboxylic acids is 2. The first-order chi connectivity index (χ1) is 9.65. The lowest BCUT2D eigenvalue weighted by atomic mass is 9.98. The molecule has 0 N–H and O–H groups in total. The van der Waals surface area contributed by atoms with E-state index in [-0.39, 0.29) is 24.4 Å². The van der Waals surface area contributed by atoms with Crippen LogP contribution in [0.5, 0.6) is 0 Å². The highest BCUT2D eigenvalue weighted by Gasteiger charge is 2.41. The second-order valence-corrected chi connectivity index (χ2v) is 6.14. The zero-order valence-corrected chi connectivity index (χ0v) is 12.2. The summed E-state index contributed by atoms with van der Waals surface area (Å²) in [6.07, 6.45) is 7.33. The Hall–Kier alpha value is -1.36. The van der Waals surface area contributed by atoms with Crippen molar-refractivity contribution in [2.45, 2.75) is 31.7 Å². The van der Waals surface area contributed by atoms with Gasteiger partial charge in [0.15, 0.2) is 0 Å². The molecule has 0 aromatic carbocycles. The number of nitrogens with zero attached hydrogens (tertiary/aromatic N) is 3. The van der Waals surface area contributed by atoms with E-state index in [0.717, 1.165) is 13.1 Å². The normalized spacial score (nSPS) is 28.4. The minimum absolute atomic E-state index is 0.0897. The Labute approximate surface area is 120 Å². The Bertz CT molecular complexity index is 446. The van der Waals surface area contributed by atoms with Gasteiger partial charge in [0.25, 0.3) is 0 Å². The van der Waals surface area contributed by atoms with Gasteiger partial charge in [0, 0.05) is 33.2 Å². The number of piperazine rings is 2. The SMILES string of the molecule is CN1CC(=O)N2CCN(CC3=CCCCC3)CC2C1=O. The summed E-state index contributed by atoms with van der Waals surface area (Å²) in [4.78, 5) is 29.9. The molecule has 3 rings (SSSR count). The van der Waals surface area contributed by atoms with Gasteiger partial charge in [0.2, 0.25) is 11.8 Å². The average Bonchev–Trinajstić information content (AvgIpc) is 2.46. The summed E-state index contributed by atoms with van der Waals surface area (Å²) in [5, 5.41) is 0. The number of rotatable bonds is 2. The van der Waals surface area contributed by atoms with Crippen LogP contribution in [-0.4, -0.2) is 72.3 Å². The van der Waals surface area contributed by atoms with Crippen LogP contribution >= 0.6 is 0 Å². The first-order valence-electron chi connectivity index (χ1n) is 7.60. The summed E-state index contributed by atoms with van der Waals surface area (Å²) in [5.74, 6) is 0.181. The smallest absolute Gasteiger partial charge is 0.246 e. The molecule has 2 aliphatic heterocycles.